The maximum atomic E-state index is 7.72. The van der Waals surface area contributed by atoms with Gasteiger partial charge in [-0.2, -0.15) is 0 Å². The Morgan fingerprint density at radius 2 is 0.444 bits per heavy atom. The zero-order valence-corrected chi connectivity index (χ0v) is 10.8. The van der Waals surface area contributed by atoms with Crippen LogP contribution in [-0.4, -0.2) is 0 Å². The van der Waals surface area contributed by atoms with Gasteiger partial charge in [0.25, 0.3) is 0 Å². The summed E-state index contributed by atoms with van der Waals surface area (Å²) in [6.45, 7) is 0. The molecule has 0 spiro atoms. The van der Waals surface area contributed by atoms with E-state index in [1.54, 1.807) is 0 Å². The summed E-state index contributed by atoms with van der Waals surface area (Å²) < 4.78 is 30.9. The van der Waals surface area contributed by atoms with Gasteiger partial charge in [0.05, 0.1) is 0 Å². The van der Waals surface area contributed by atoms with Gasteiger partial charge in [0.2, 0.25) is 0 Å². The van der Waals surface area contributed by atoms with Crippen molar-refractivity contribution in [1.82, 2.24) is 0 Å². The van der Waals surface area contributed by atoms with Crippen LogP contribution in [0.1, 0.15) is 0 Å². The van der Waals surface area contributed by atoms with Gasteiger partial charge in [-0.25, -0.2) is 47.5 Å². The standard InChI is InChI=1S/4ClO.Th/c4*1-2;/q4*-1;+4. The normalized spacial score (nSPS) is 2.67. The molecule has 56 valence electrons. The summed E-state index contributed by atoms with van der Waals surface area (Å²) >= 11 is 13.6. The van der Waals surface area contributed by atoms with Crippen molar-refractivity contribution in [2.75, 3.05) is 0 Å². The molecule has 0 aliphatic heterocycles. The smallest absolute Gasteiger partial charge is 0.769 e. The van der Waals surface area contributed by atoms with Gasteiger partial charge in [-0.1, -0.05) is 0 Å². The molecule has 0 atom stereocenters. The molecule has 0 aliphatic carbocycles. The van der Waals surface area contributed by atoms with E-state index < -0.39 is 0 Å². The van der Waals surface area contributed by atoms with Crippen molar-refractivity contribution < 1.29 is 58.6 Å². The van der Waals surface area contributed by atoms with Crippen LogP contribution in [0, 0.1) is 39.9 Å². The minimum absolute atomic E-state index is 0. The van der Waals surface area contributed by atoms with Gasteiger partial charge in [0.1, 0.15) is 0 Å². The van der Waals surface area contributed by atoms with Gasteiger partial charge in [-0.3, -0.25) is 0 Å². The molecule has 9 heavy (non-hydrogen) atoms. The first-order valence-corrected chi connectivity index (χ1v) is 1.85. The van der Waals surface area contributed by atoms with Crippen LogP contribution < -0.4 is 18.6 Å². The Labute approximate surface area is 105 Å². The minimum Gasteiger partial charge on any atom is -0.769 e. The van der Waals surface area contributed by atoms with Crippen LogP contribution >= 0.6 is 47.5 Å². The molecule has 0 aliphatic rings. The maximum absolute atomic E-state index is 7.72. The zero-order chi connectivity index (χ0) is 8.00. The summed E-state index contributed by atoms with van der Waals surface area (Å²) in [6.07, 6.45) is 0. The quantitative estimate of drug-likeness (QED) is 0.438. The molecule has 0 unspecified atom stereocenters. The van der Waals surface area contributed by atoms with Crippen LogP contribution in [0.25, 0.3) is 0 Å². The van der Waals surface area contributed by atoms with Crippen LogP contribution in [-0.2, 0) is 0 Å². The molecule has 0 aromatic carbocycles. The summed E-state index contributed by atoms with van der Waals surface area (Å²) in [5.74, 6) is 0. The van der Waals surface area contributed by atoms with Crippen molar-refractivity contribution in [3.05, 3.63) is 0 Å². The second kappa shape index (κ2) is 166. The Kier molecular flexibility index (Phi) is 557. The summed E-state index contributed by atoms with van der Waals surface area (Å²) in [6, 6.07) is 0. The summed E-state index contributed by atoms with van der Waals surface area (Å²) in [5, 5.41) is 0. The Morgan fingerprint density at radius 3 is 0.444 bits per heavy atom. The predicted molar refractivity (Wildman–Crippen MR) is 23.4 cm³/mol. The molecule has 0 aromatic rings. The molecule has 0 aromatic heterocycles. The van der Waals surface area contributed by atoms with Crippen LogP contribution in [0.15, 0.2) is 0 Å². The van der Waals surface area contributed by atoms with E-state index in [0.29, 0.717) is 0 Å². The molecule has 0 fully saturated rings. The van der Waals surface area contributed by atoms with E-state index in [4.69, 9.17) is 18.6 Å². The number of rotatable bonds is 0. The Morgan fingerprint density at radius 1 is 0.444 bits per heavy atom. The molecular weight excluding hydrogens is 438 g/mol. The van der Waals surface area contributed by atoms with E-state index in [9.17, 15) is 0 Å². The molecule has 4 nitrogen and oxygen atoms in total. The predicted octanol–water partition coefficient (Wildman–Crippen LogP) is -2.00. The first-order chi connectivity index (χ1) is 4.00. The SMILES string of the molecule is [O-]Cl.[O-]Cl.[O-]Cl.[O-]Cl.[Th+4]. The summed E-state index contributed by atoms with van der Waals surface area (Å²) in [7, 11) is 0. The first-order valence-electron chi connectivity index (χ1n) is 0.617. The minimum atomic E-state index is 0. The summed E-state index contributed by atoms with van der Waals surface area (Å²) in [4.78, 5) is 0. The van der Waals surface area contributed by atoms with Crippen LogP contribution in [0.5, 0.6) is 0 Å². The van der Waals surface area contributed by atoms with Crippen molar-refractivity contribution in [2.24, 2.45) is 0 Å². The zero-order valence-electron chi connectivity index (χ0n) is 3.64. The molecule has 0 heterocycles. The molecule has 0 amide bonds. The van der Waals surface area contributed by atoms with E-state index in [0.717, 1.165) is 0 Å². The van der Waals surface area contributed by atoms with Crippen molar-refractivity contribution in [1.29, 1.82) is 0 Å². The van der Waals surface area contributed by atoms with Gasteiger partial charge in [-0.05, 0) is 0 Å². The number of hydrogen-bond acceptors (Lipinski definition) is 4. The first kappa shape index (κ1) is 30.2. The Hall–Kier alpha value is 2.32. The van der Waals surface area contributed by atoms with Crippen molar-refractivity contribution in [3.8, 4) is 0 Å². The maximum Gasteiger partial charge on any atom is 4.00 e. The van der Waals surface area contributed by atoms with Crippen molar-refractivity contribution in [3.63, 3.8) is 0 Å². The number of hydrogen-bond donors (Lipinski definition) is 0. The molecule has 0 saturated heterocycles. The Bertz CT molecular complexity index is 12.5. The fraction of sp³-hybridized carbons (Fsp3) is 0. The third-order valence-electron chi connectivity index (χ3n) is 0. The third-order valence-corrected chi connectivity index (χ3v) is 0. The van der Waals surface area contributed by atoms with E-state index in [-0.39, 0.29) is 39.9 Å². The topological polar surface area (TPSA) is 92.2 Å². The molecule has 0 radical (unpaired) electrons. The molecule has 0 rings (SSSR count). The molecule has 0 N–H and O–H groups in total. The average Bonchev–Trinajstić information content (AvgIpc) is 2.03. The van der Waals surface area contributed by atoms with Crippen molar-refractivity contribution >= 4 is 47.5 Å². The van der Waals surface area contributed by atoms with E-state index in [1.165, 1.54) is 0 Å². The van der Waals surface area contributed by atoms with E-state index in [1.807, 2.05) is 0 Å². The monoisotopic (exact) mass is 436 g/mol. The second-order valence-corrected chi connectivity index (χ2v) is 0. The van der Waals surface area contributed by atoms with Gasteiger partial charge >= 0.3 is 39.9 Å². The summed E-state index contributed by atoms with van der Waals surface area (Å²) in [5.41, 5.74) is 0. The average molecular weight is 438 g/mol. The van der Waals surface area contributed by atoms with Crippen molar-refractivity contribution in [2.45, 2.75) is 0 Å². The van der Waals surface area contributed by atoms with E-state index >= 15 is 0 Å². The van der Waals surface area contributed by atoms with E-state index in [2.05, 4.69) is 47.5 Å². The van der Waals surface area contributed by atoms with Crippen LogP contribution in [0.2, 0.25) is 0 Å². The molecule has 0 bridgehead atoms. The number of halogens is 4. The molecular formula is Cl4O4Th. The van der Waals surface area contributed by atoms with Crippen LogP contribution in [0.4, 0.5) is 0 Å². The second-order valence-electron chi connectivity index (χ2n) is 0. The Balaban J connectivity index is -0.00000000762. The van der Waals surface area contributed by atoms with Crippen LogP contribution in [0.3, 0.4) is 0 Å². The van der Waals surface area contributed by atoms with Gasteiger partial charge < -0.3 is 18.6 Å². The third kappa shape index (κ3) is 132. The molecule has 9 heteroatoms. The fourth-order valence-corrected chi connectivity index (χ4v) is 0. The fourth-order valence-electron chi connectivity index (χ4n) is 0. The van der Waals surface area contributed by atoms with Gasteiger partial charge in [0, 0.05) is 0 Å². The van der Waals surface area contributed by atoms with Gasteiger partial charge in [0.15, 0.2) is 0 Å². The largest absolute Gasteiger partial charge is 4.00 e. The molecule has 0 saturated carbocycles. The van der Waals surface area contributed by atoms with Gasteiger partial charge in [-0.15, -0.1) is 0 Å².